The van der Waals surface area contributed by atoms with E-state index < -0.39 is 5.97 Å². The average Bonchev–Trinajstić information content (AvgIpc) is 2.89. The first-order valence-corrected chi connectivity index (χ1v) is 6.60. The van der Waals surface area contributed by atoms with Crippen LogP contribution in [-0.4, -0.2) is 35.3 Å². The standard InChI is InChI=1S/C14H15N3O4/c1-2-19-14(18)12-13(15)17(8-16-12)9-3-4-10-11(7-9)21-6-5-20-10/h3-4,7-8H,2,5-6,15H2,1H3. The van der Waals surface area contributed by atoms with Gasteiger partial charge in [0.15, 0.2) is 17.2 Å². The summed E-state index contributed by atoms with van der Waals surface area (Å²) in [5, 5.41) is 0. The molecule has 21 heavy (non-hydrogen) atoms. The summed E-state index contributed by atoms with van der Waals surface area (Å²) in [4.78, 5) is 15.7. The van der Waals surface area contributed by atoms with Crippen molar-refractivity contribution in [2.75, 3.05) is 25.6 Å². The molecule has 0 atom stereocenters. The predicted molar refractivity (Wildman–Crippen MR) is 74.9 cm³/mol. The van der Waals surface area contributed by atoms with E-state index in [1.54, 1.807) is 23.6 Å². The Balaban J connectivity index is 1.96. The zero-order valence-corrected chi connectivity index (χ0v) is 11.5. The molecular weight excluding hydrogens is 274 g/mol. The Morgan fingerprint density at radius 3 is 2.90 bits per heavy atom. The van der Waals surface area contributed by atoms with Gasteiger partial charge in [0.1, 0.15) is 25.4 Å². The van der Waals surface area contributed by atoms with Crippen molar-refractivity contribution < 1.29 is 19.0 Å². The highest BCUT2D eigenvalue weighted by Gasteiger charge is 2.19. The second-order valence-corrected chi connectivity index (χ2v) is 4.40. The average molecular weight is 289 g/mol. The van der Waals surface area contributed by atoms with Crippen molar-refractivity contribution in [3.8, 4) is 17.2 Å². The van der Waals surface area contributed by atoms with Gasteiger partial charge in [-0.25, -0.2) is 9.78 Å². The Morgan fingerprint density at radius 2 is 2.14 bits per heavy atom. The summed E-state index contributed by atoms with van der Waals surface area (Å²) in [6.07, 6.45) is 1.48. The minimum absolute atomic E-state index is 0.103. The minimum Gasteiger partial charge on any atom is -0.486 e. The molecule has 0 saturated heterocycles. The number of fused-ring (bicyclic) bond motifs is 1. The number of hydrogen-bond acceptors (Lipinski definition) is 6. The molecule has 110 valence electrons. The highest BCUT2D eigenvalue weighted by Crippen LogP contribution is 2.32. The van der Waals surface area contributed by atoms with E-state index >= 15 is 0 Å². The van der Waals surface area contributed by atoms with Gasteiger partial charge in [-0.15, -0.1) is 0 Å². The monoisotopic (exact) mass is 289 g/mol. The largest absolute Gasteiger partial charge is 0.486 e. The molecule has 2 aromatic rings. The van der Waals surface area contributed by atoms with Crippen LogP contribution in [-0.2, 0) is 4.74 Å². The van der Waals surface area contributed by atoms with Crippen LogP contribution in [0.3, 0.4) is 0 Å². The molecule has 1 aliphatic heterocycles. The van der Waals surface area contributed by atoms with E-state index in [-0.39, 0.29) is 18.1 Å². The lowest BCUT2D eigenvalue weighted by molar-refractivity contribution is 0.0521. The van der Waals surface area contributed by atoms with Crippen LogP contribution in [0.15, 0.2) is 24.5 Å². The molecule has 1 aromatic heterocycles. The molecule has 2 N–H and O–H groups in total. The van der Waals surface area contributed by atoms with E-state index in [2.05, 4.69) is 4.98 Å². The molecule has 0 amide bonds. The molecule has 0 spiro atoms. The van der Waals surface area contributed by atoms with Crippen LogP contribution in [0.5, 0.6) is 11.5 Å². The number of nitrogen functional groups attached to an aromatic ring is 1. The lowest BCUT2D eigenvalue weighted by Crippen LogP contribution is -2.15. The van der Waals surface area contributed by atoms with Crippen molar-refractivity contribution in [2.24, 2.45) is 0 Å². The van der Waals surface area contributed by atoms with Crippen LogP contribution in [0, 0.1) is 0 Å². The summed E-state index contributed by atoms with van der Waals surface area (Å²) in [6.45, 7) is 3.04. The highest BCUT2D eigenvalue weighted by atomic mass is 16.6. The number of ether oxygens (including phenoxy) is 3. The first-order chi connectivity index (χ1) is 10.2. The van der Waals surface area contributed by atoms with Crippen LogP contribution in [0.4, 0.5) is 5.82 Å². The Bertz CT molecular complexity index is 681. The molecule has 0 radical (unpaired) electrons. The molecule has 1 aliphatic rings. The first-order valence-electron chi connectivity index (χ1n) is 6.60. The molecule has 3 rings (SSSR count). The fourth-order valence-electron chi connectivity index (χ4n) is 2.10. The summed E-state index contributed by atoms with van der Waals surface area (Å²) < 4.78 is 17.5. The maximum Gasteiger partial charge on any atom is 0.360 e. The Morgan fingerprint density at radius 1 is 1.38 bits per heavy atom. The Hall–Kier alpha value is -2.70. The molecule has 7 nitrogen and oxygen atoms in total. The van der Waals surface area contributed by atoms with Gasteiger partial charge in [-0.3, -0.25) is 4.57 Å². The van der Waals surface area contributed by atoms with Crippen LogP contribution in [0.2, 0.25) is 0 Å². The normalized spacial score (nSPS) is 13.0. The second kappa shape index (κ2) is 5.35. The number of anilines is 1. The molecule has 0 aliphatic carbocycles. The van der Waals surface area contributed by atoms with Crippen molar-refractivity contribution in [1.29, 1.82) is 0 Å². The lowest BCUT2D eigenvalue weighted by atomic mass is 10.2. The van der Waals surface area contributed by atoms with E-state index in [4.69, 9.17) is 19.9 Å². The van der Waals surface area contributed by atoms with E-state index in [1.807, 2.05) is 6.07 Å². The van der Waals surface area contributed by atoms with Crippen LogP contribution in [0.1, 0.15) is 17.4 Å². The number of rotatable bonds is 3. The number of carbonyl (C=O) groups is 1. The number of esters is 1. The van der Waals surface area contributed by atoms with E-state index in [0.29, 0.717) is 24.7 Å². The molecule has 0 saturated carbocycles. The molecular formula is C14H15N3O4. The van der Waals surface area contributed by atoms with E-state index in [9.17, 15) is 4.79 Å². The SMILES string of the molecule is CCOC(=O)c1ncn(-c2ccc3c(c2)OCCO3)c1N. The number of benzene rings is 1. The zero-order valence-electron chi connectivity index (χ0n) is 11.5. The molecule has 0 unspecified atom stereocenters. The quantitative estimate of drug-likeness (QED) is 0.859. The second-order valence-electron chi connectivity index (χ2n) is 4.40. The fourth-order valence-corrected chi connectivity index (χ4v) is 2.10. The van der Waals surface area contributed by atoms with Gasteiger partial charge in [-0.05, 0) is 19.1 Å². The summed E-state index contributed by atoms with van der Waals surface area (Å²) >= 11 is 0. The molecule has 0 fully saturated rings. The van der Waals surface area contributed by atoms with Crippen molar-refractivity contribution in [2.45, 2.75) is 6.92 Å². The summed E-state index contributed by atoms with van der Waals surface area (Å²) in [5.41, 5.74) is 6.81. The number of carbonyl (C=O) groups excluding carboxylic acids is 1. The molecule has 0 bridgehead atoms. The number of hydrogen-bond donors (Lipinski definition) is 1. The third-order valence-electron chi connectivity index (χ3n) is 3.08. The summed E-state index contributed by atoms with van der Waals surface area (Å²) in [6, 6.07) is 5.41. The van der Waals surface area contributed by atoms with Crippen molar-refractivity contribution in [1.82, 2.24) is 9.55 Å². The Labute approximate surface area is 121 Å². The van der Waals surface area contributed by atoms with Crippen molar-refractivity contribution in [3.63, 3.8) is 0 Å². The van der Waals surface area contributed by atoms with E-state index in [1.165, 1.54) is 6.33 Å². The van der Waals surface area contributed by atoms with Crippen molar-refractivity contribution in [3.05, 3.63) is 30.2 Å². The lowest BCUT2D eigenvalue weighted by Gasteiger charge is -2.19. The van der Waals surface area contributed by atoms with E-state index in [0.717, 1.165) is 5.69 Å². The van der Waals surface area contributed by atoms with Gasteiger partial charge in [0.2, 0.25) is 0 Å². The topological polar surface area (TPSA) is 88.6 Å². The maximum absolute atomic E-state index is 11.7. The van der Waals surface area contributed by atoms with Crippen molar-refractivity contribution >= 4 is 11.8 Å². The zero-order chi connectivity index (χ0) is 14.8. The fraction of sp³-hybridized carbons (Fsp3) is 0.286. The number of nitrogens with zero attached hydrogens (tertiary/aromatic N) is 2. The van der Waals surface area contributed by atoms with Gasteiger partial charge >= 0.3 is 5.97 Å². The van der Waals surface area contributed by atoms with Crippen LogP contribution >= 0.6 is 0 Å². The van der Waals surface area contributed by atoms with Gasteiger partial charge < -0.3 is 19.9 Å². The van der Waals surface area contributed by atoms with Gasteiger partial charge in [-0.2, -0.15) is 0 Å². The molecule has 1 aromatic carbocycles. The van der Waals surface area contributed by atoms with Gasteiger partial charge in [0.25, 0.3) is 0 Å². The third kappa shape index (κ3) is 2.37. The van der Waals surface area contributed by atoms with Crippen LogP contribution in [0.25, 0.3) is 5.69 Å². The van der Waals surface area contributed by atoms with Crippen LogP contribution < -0.4 is 15.2 Å². The number of nitrogens with two attached hydrogens (primary N) is 1. The highest BCUT2D eigenvalue weighted by molar-refractivity contribution is 5.92. The summed E-state index contributed by atoms with van der Waals surface area (Å²) in [7, 11) is 0. The number of imidazole rings is 1. The van der Waals surface area contributed by atoms with Gasteiger partial charge in [0, 0.05) is 6.07 Å². The first kappa shape index (κ1) is 13.3. The van der Waals surface area contributed by atoms with Gasteiger partial charge in [0.05, 0.1) is 12.3 Å². The van der Waals surface area contributed by atoms with Gasteiger partial charge in [-0.1, -0.05) is 0 Å². The molecule has 7 heteroatoms. The minimum atomic E-state index is -0.536. The maximum atomic E-state index is 11.7. The molecule has 2 heterocycles. The third-order valence-corrected chi connectivity index (χ3v) is 3.08. The number of aromatic nitrogens is 2. The predicted octanol–water partition coefficient (Wildman–Crippen LogP) is 1.40. The Kier molecular flexibility index (Phi) is 3.39. The summed E-state index contributed by atoms with van der Waals surface area (Å²) in [5.74, 6) is 1.02. The smallest absolute Gasteiger partial charge is 0.360 e.